The van der Waals surface area contributed by atoms with Crippen LogP contribution in [0.3, 0.4) is 0 Å². The second kappa shape index (κ2) is 6.24. The average Bonchev–Trinajstić information content (AvgIpc) is 2.59. The Morgan fingerprint density at radius 2 is 2.15 bits per heavy atom. The third kappa shape index (κ3) is 3.02. The van der Waals surface area contributed by atoms with Crippen LogP contribution in [0.5, 0.6) is 0 Å². The molecule has 3 heterocycles. The zero-order valence-corrected chi connectivity index (χ0v) is 14.5. The SMILES string of the molecule is CC1=N/C(=N/O)C(=N)C(N)=C1Cc1ccc(C#N)c(N2CC(C)(O)C2)n1. The number of nitrogens with two attached hydrogens (primary N) is 1. The zero-order valence-electron chi connectivity index (χ0n) is 14.5. The van der Waals surface area contributed by atoms with Gasteiger partial charge in [0, 0.05) is 36.5 Å². The van der Waals surface area contributed by atoms with Gasteiger partial charge in [-0.05, 0) is 26.0 Å². The van der Waals surface area contributed by atoms with Gasteiger partial charge in [0.1, 0.15) is 17.6 Å². The highest BCUT2D eigenvalue weighted by Crippen LogP contribution is 2.29. The van der Waals surface area contributed by atoms with Gasteiger partial charge in [0.15, 0.2) is 0 Å². The molecule has 5 N–H and O–H groups in total. The van der Waals surface area contributed by atoms with Crippen molar-refractivity contribution in [3.05, 3.63) is 34.7 Å². The number of β-amino-alcohol motifs (C(OH)–C–C–N with tert-alkyl or cyclic N) is 1. The van der Waals surface area contributed by atoms with Gasteiger partial charge in [0.05, 0.1) is 16.9 Å². The maximum absolute atomic E-state index is 9.94. The molecule has 1 saturated heterocycles. The fourth-order valence-electron chi connectivity index (χ4n) is 3.07. The van der Waals surface area contributed by atoms with Crippen LogP contribution in [0.1, 0.15) is 25.1 Å². The summed E-state index contributed by atoms with van der Waals surface area (Å²) in [5.74, 6) is 0.397. The van der Waals surface area contributed by atoms with Crippen molar-refractivity contribution < 1.29 is 10.3 Å². The van der Waals surface area contributed by atoms with Gasteiger partial charge in [-0.15, -0.1) is 0 Å². The zero-order chi connectivity index (χ0) is 19.1. The molecule has 1 fully saturated rings. The Balaban J connectivity index is 1.92. The number of rotatable bonds is 3. The molecule has 0 atom stereocenters. The third-order valence-electron chi connectivity index (χ3n) is 4.40. The minimum Gasteiger partial charge on any atom is -0.409 e. The summed E-state index contributed by atoms with van der Waals surface area (Å²) in [4.78, 5) is 10.5. The molecule has 0 bridgehead atoms. The second-order valence-electron chi connectivity index (χ2n) is 6.70. The number of nitrogens with zero attached hydrogens (tertiary/aromatic N) is 5. The van der Waals surface area contributed by atoms with E-state index in [4.69, 9.17) is 16.4 Å². The quantitative estimate of drug-likeness (QED) is 0.460. The highest BCUT2D eigenvalue weighted by atomic mass is 16.4. The van der Waals surface area contributed by atoms with Crippen molar-refractivity contribution in [1.29, 1.82) is 10.7 Å². The highest BCUT2D eigenvalue weighted by Gasteiger charge is 2.38. The Kier molecular flexibility index (Phi) is 4.21. The van der Waals surface area contributed by atoms with Gasteiger partial charge in [0.25, 0.3) is 0 Å². The van der Waals surface area contributed by atoms with Gasteiger partial charge in [-0.1, -0.05) is 5.16 Å². The standard InChI is InChI=1S/C17H19N7O2/c1-9-12(13(19)14(20)15(21-9)23-26)5-11-4-3-10(6-18)16(22-11)24-7-17(2,25)8-24/h3-4,20,25-26H,5,7-8,19H2,1-2H3/b20-14?,23-15+. The van der Waals surface area contributed by atoms with Crippen molar-refractivity contribution in [1.82, 2.24) is 4.98 Å². The van der Waals surface area contributed by atoms with Gasteiger partial charge < -0.3 is 20.9 Å². The maximum Gasteiger partial charge on any atom is 0.218 e. The van der Waals surface area contributed by atoms with Crippen molar-refractivity contribution in [3.63, 3.8) is 0 Å². The van der Waals surface area contributed by atoms with Crippen LogP contribution in [0.2, 0.25) is 0 Å². The summed E-state index contributed by atoms with van der Waals surface area (Å²) in [6, 6.07) is 5.53. The molecule has 0 amide bonds. The van der Waals surface area contributed by atoms with Crippen LogP contribution in [-0.4, -0.2) is 51.2 Å². The van der Waals surface area contributed by atoms with E-state index < -0.39 is 5.60 Å². The van der Waals surface area contributed by atoms with E-state index in [1.807, 2.05) is 4.90 Å². The van der Waals surface area contributed by atoms with Crippen LogP contribution >= 0.6 is 0 Å². The van der Waals surface area contributed by atoms with E-state index in [2.05, 4.69) is 21.2 Å². The molecule has 3 rings (SSSR count). The smallest absolute Gasteiger partial charge is 0.218 e. The first-order valence-corrected chi connectivity index (χ1v) is 7.98. The van der Waals surface area contributed by atoms with Crippen molar-refractivity contribution in [2.75, 3.05) is 18.0 Å². The largest absolute Gasteiger partial charge is 0.409 e. The van der Waals surface area contributed by atoms with Crippen LogP contribution in [0.15, 0.2) is 33.6 Å². The number of nitrogens with one attached hydrogen (secondary N) is 1. The summed E-state index contributed by atoms with van der Waals surface area (Å²) < 4.78 is 0. The summed E-state index contributed by atoms with van der Waals surface area (Å²) in [5.41, 5.74) is 7.55. The molecule has 134 valence electrons. The van der Waals surface area contributed by atoms with Crippen LogP contribution in [-0.2, 0) is 6.42 Å². The first-order valence-electron chi connectivity index (χ1n) is 7.98. The molecule has 1 aromatic rings. The second-order valence-corrected chi connectivity index (χ2v) is 6.70. The lowest BCUT2D eigenvalue weighted by molar-refractivity contribution is 0.0305. The molecular formula is C17H19N7O2. The van der Waals surface area contributed by atoms with E-state index in [0.717, 1.165) is 0 Å². The molecule has 0 aromatic carbocycles. The average molecular weight is 353 g/mol. The molecule has 0 spiro atoms. The summed E-state index contributed by atoms with van der Waals surface area (Å²) in [6.45, 7) is 4.27. The van der Waals surface area contributed by atoms with E-state index in [0.29, 0.717) is 47.9 Å². The van der Waals surface area contributed by atoms with Gasteiger partial charge in [0.2, 0.25) is 5.84 Å². The summed E-state index contributed by atoms with van der Waals surface area (Å²) in [7, 11) is 0. The molecule has 2 aliphatic rings. The number of aromatic nitrogens is 1. The number of anilines is 1. The number of aliphatic hydroxyl groups is 1. The fraction of sp³-hybridized carbons (Fsp3) is 0.353. The topological polar surface area (TPSA) is 155 Å². The van der Waals surface area contributed by atoms with E-state index in [9.17, 15) is 10.4 Å². The number of hydrogen-bond donors (Lipinski definition) is 4. The Hall–Kier alpha value is -3.25. The Morgan fingerprint density at radius 3 is 2.73 bits per heavy atom. The number of pyridine rings is 1. The number of nitriles is 1. The first kappa shape index (κ1) is 17.6. The van der Waals surface area contributed by atoms with Crippen LogP contribution in [0, 0.1) is 16.7 Å². The molecule has 0 radical (unpaired) electrons. The fourth-order valence-corrected chi connectivity index (χ4v) is 3.07. The number of hydrogen-bond acceptors (Lipinski definition) is 8. The van der Waals surface area contributed by atoms with E-state index in [-0.39, 0.29) is 17.2 Å². The Bertz CT molecular complexity index is 914. The minimum absolute atomic E-state index is 0.125. The van der Waals surface area contributed by atoms with Gasteiger partial charge in [-0.25, -0.2) is 9.98 Å². The molecule has 1 aromatic heterocycles. The number of dihydropyridines is 1. The number of amidine groups is 1. The van der Waals surface area contributed by atoms with Crippen LogP contribution in [0.25, 0.3) is 0 Å². The number of allylic oxidation sites excluding steroid dienone is 1. The minimum atomic E-state index is -0.779. The Morgan fingerprint density at radius 1 is 1.46 bits per heavy atom. The lowest BCUT2D eigenvalue weighted by Gasteiger charge is -2.45. The molecule has 26 heavy (non-hydrogen) atoms. The lowest BCUT2D eigenvalue weighted by atomic mass is 9.95. The summed E-state index contributed by atoms with van der Waals surface area (Å²) >= 11 is 0. The van der Waals surface area contributed by atoms with E-state index in [1.54, 1.807) is 26.0 Å². The first-order chi connectivity index (χ1) is 12.3. The highest BCUT2D eigenvalue weighted by molar-refractivity contribution is 6.50. The number of oxime groups is 1. The van der Waals surface area contributed by atoms with Crippen molar-refractivity contribution in [2.24, 2.45) is 15.9 Å². The predicted octanol–water partition coefficient (Wildman–Crippen LogP) is 0.562. The lowest BCUT2D eigenvalue weighted by Crippen LogP contribution is -2.60. The summed E-state index contributed by atoms with van der Waals surface area (Å²) in [6.07, 6.45) is 0.325. The van der Waals surface area contributed by atoms with Gasteiger partial charge in [-0.3, -0.25) is 5.41 Å². The molecule has 9 heteroatoms. The predicted molar refractivity (Wildman–Crippen MR) is 96.8 cm³/mol. The molecule has 2 aliphatic heterocycles. The molecule has 0 unspecified atom stereocenters. The molecule has 0 aliphatic carbocycles. The van der Waals surface area contributed by atoms with Crippen molar-refractivity contribution >= 4 is 23.1 Å². The van der Waals surface area contributed by atoms with Gasteiger partial charge in [-0.2, -0.15) is 5.26 Å². The third-order valence-corrected chi connectivity index (χ3v) is 4.40. The number of aliphatic imine (C=N–C) groups is 1. The Labute approximate surface area is 150 Å². The molecule has 0 saturated carbocycles. The van der Waals surface area contributed by atoms with Crippen LogP contribution in [0.4, 0.5) is 5.82 Å². The van der Waals surface area contributed by atoms with Crippen molar-refractivity contribution in [3.8, 4) is 6.07 Å². The monoisotopic (exact) mass is 353 g/mol. The normalized spacial score (nSPS) is 20.7. The molecular weight excluding hydrogens is 334 g/mol. The van der Waals surface area contributed by atoms with Crippen molar-refractivity contribution in [2.45, 2.75) is 25.9 Å². The van der Waals surface area contributed by atoms with Crippen LogP contribution < -0.4 is 10.6 Å². The van der Waals surface area contributed by atoms with E-state index in [1.165, 1.54) is 0 Å². The van der Waals surface area contributed by atoms with E-state index >= 15 is 0 Å². The summed E-state index contributed by atoms with van der Waals surface area (Å²) in [5, 5.41) is 39.0. The maximum atomic E-state index is 9.94. The van der Waals surface area contributed by atoms with Gasteiger partial charge >= 0.3 is 0 Å². The molecule has 9 nitrogen and oxygen atoms in total.